The molecule has 18 aromatic rings. The van der Waals surface area contributed by atoms with E-state index in [4.69, 9.17) is 23.8 Å². The highest BCUT2D eigenvalue weighted by Gasteiger charge is 2.27. The van der Waals surface area contributed by atoms with E-state index < -0.39 is 0 Å². The Morgan fingerprint density at radius 1 is 0.239 bits per heavy atom. The monoisotopic (exact) mass is 1120 g/mol. The number of fused-ring (bicyclic) bond motifs is 13. The minimum Gasteiger partial charge on any atom is -0.456 e. The molecule has 0 saturated heterocycles. The van der Waals surface area contributed by atoms with Gasteiger partial charge in [0.1, 0.15) is 22.3 Å². The Morgan fingerprint density at radius 2 is 0.659 bits per heavy atom. The third-order valence-corrected chi connectivity index (χ3v) is 17.5. The van der Waals surface area contributed by atoms with Crippen LogP contribution in [0.5, 0.6) is 0 Å². The second kappa shape index (κ2) is 19.8. The van der Waals surface area contributed by atoms with Crippen molar-refractivity contribution in [1.29, 1.82) is 0 Å². The van der Waals surface area contributed by atoms with E-state index in [0.717, 1.165) is 149 Å². The predicted molar refractivity (Wildman–Crippen MR) is 361 cm³/mol. The van der Waals surface area contributed by atoms with E-state index in [-0.39, 0.29) is 0 Å². The lowest BCUT2D eigenvalue weighted by Gasteiger charge is -2.22. The van der Waals surface area contributed by atoms with E-state index >= 15 is 0 Å². The minimum absolute atomic E-state index is 0.556. The van der Waals surface area contributed by atoms with Gasteiger partial charge in [0.25, 0.3) is 0 Å². The van der Waals surface area contributed by atoms with Crippen molar-refractivity contribution in [2.45, 2.75) is 0 Å². The Bertz CT molecular complexity index is 5580. The molecule has 0 spiro atoms. The van der Waals surface area contributed by atoms with Gasteiger partial charge in [-0.25, -0.2) is 15.0 Å². The third-order valence-electron chi connectivity index (χ3n) is 17.5. The Morgan fingerprint density at radius 3 is 1.22 bits per heavy atom. The van der Waals surface area contributed by atoms with Crippen LogP contribution in [-0.4, -0.2) is 24.1 Å². The Kier molecular flexibility index (Phi) is 11.2. The van der Waals surface area contributed by atoms with Gasteiger partial charge in [0.15, 0.2) is 17.5 Å². The molecule has 7 heteroatoms. The van der Waals surface area contributed by atoms with Gasteiger partial charge < -0.3 is 18.0 Å². The Hall–Kier alpha value is -11.9. The van der Waals surface area contributed by atoms with Crippen molar-refractivity contribution in [3.8, 4) is 90.0 Å². The highest BCUT2D eigenvalue weighted by molar-refractivity contribution is 6.26. The topological polar surface area (TPSA) is 74.8 Å². The SMILES string of the molecule is c1ccc(-c2nc(-c3ccccc3)nc(-c3cc(-c4cccc(-c5ccc6oc7ccccc7c6c5)c4)c(-n4c5ccccc5c5c4ccc4c6ccccc6n(-c6ccccc6)c45)c(-c4cccc(-c5ccc6oc7ccccc7c6c5)c4)c3)n2)cc1. The lowest BCUT2D eigenvalue weighted by Crippen LogP contribution is -2.04. The van der Waals surface area contributed by atoms with Crippen LogP contribution in [0.1, 0.15) is 0 Å². The summed E-state index contributed by atoms with van der Waals surface area (Å²) in [5.74, 6) is 1.73. The number of furan rings is 2. The smallest absolute Gasteiger partial charge is 0.164 e. The van der Waals surface area contributed by atoms with Crippen molar-refractivity contribution in [2.24, 2.45) is 0 Å². The second-order valence-corrected chi connectivity index (χ2v) is 22.6. The maximum Gasteiger partial charge on any atom is 0.164 e. The number of nitrogens with zero attached hydrogens (tertiary/aromatic N) is 5. The van der Waals surface area contributed by atoms with Crippen LogP contribution in [0, 0.1) is 0 Å². The van der Waals surface area contributed by atoms with Gasteiger partial charge in [-0.1, -0.05) is 206 Å². The second-order valence-electron chi connectivity index (χ2n) is 22.6. The molecule has 18 rings (SSSR count). The molecule has 13 aromatic carbocycles. The van der Waals surface area contributed by atoms with E-state index in [2.05, 4.69) is 246 Å². The molecule has 0 bridgehead atoms. The summed E-state index contributed by atoms with van der Waals surface area (Å²) in [5, 5.41) is 9.02. The van der Waals surface area contributed by atoms with Gasteiger partial charge in [0.05, 0.1) is 27.8 Å². The summed E-state index contributed by atoms with van der Waals surface area (Å²) >= 11 is 0. The molecule has 0 amide bonds. The van der Waals surface area contributed by atoms with Gasteiger partial charge in [0, 0.05) is 76.6 Å². The van der Waals surface area contributed by atoms with Crippen LogP contribution in [-0.2, 0) is 0 Å². The van der Waals surface area contributed by atoms with E-state index in [9.17, 15) is 0 Å². The molecular weight excluding hydrogens is 1070 g/mol. The molecule has 0 aliphatic heterocycles. The van der Waals surface area contributed by atoms with Crippen LogP contribution in [0.15, 0.2) is 306 Å². The van der Waals surface area contributed by atoms with Crippen LogP contribution in [0.2, 0.25) is 0 Å². The molecule has 0 aliphatic rings. The first kappa shape index (κ1) is 49.5. The lowest BCUT2D eigenvalue weighted by atomic mass is 9.90. The van der Waals surface area contributed by atoms with Crippen molar-refractivity contribution in [2.75, 3.05) is 0 Å². The van der Waals surface area contributed by atoms with E-state index in [1.54, 1.807) is 0 Å². The molecule has 5 aromatic heterocycles. The largest absolute Gasteiger partial charge is 0.456 e. The van der Waals surface area contributed by atoms with Gasteiger partial charge in [-0.2, -0.15) is 0 Å². The molecule has 0 aliphatic carbocycles. The lowest BCUT2D eigenvalue weighted by molar-refractivity contribution is 0.668. The summed E-state index contributed by atoms with van der Waals surface area (Å²) in [5.41, 5.74) is 21.0. The summed E-state index contributed by atoms with van der Waals surface area (Å²) in [6.07, 6.45) is 0. The van der Waals surface area contributed by atoms with Crippen molar-refractivity contribution < 1.29 is 8.83 Å². The molecule has 0 saturated carbocycles. The fraction of sp³-hybridized carbons (Fsp3) is 0. The molecule has 7 nitrogen and oxygen atoms in total. The van der Waals surface area contributed by atoms with Crippen molar-refractivity contribution in [1.82, 2.24) is 24.1 Å². The number of rotatable bonds is 9. The summed E-state index contributed by atoms with van der Waals surface area (Å²) < 4.78 is 17.7. The first-order valence-corrected chi connectivity index (χ1v) is 29.7. The van der Waals surface area contributed by atoms with Crippen molar-refractivity contribution in [3.05, 3.63) is 297 Å². The van der Waals surface area contributed by atoms with Crippen LogP contribution >= 0.6 is 0 Å². The van der Waals surface area contributed by atoms with Gasteiger partial charge >= 0.3 is 0 Å². The maximum absolute atomic E-state index is 6.37. The first-order valence-electron chi connectivity index (χ1n) is 29.7. The number of para-hydroxylation sites is 5. The quantitative estimate of drug-likeness (QED) is 0.144. The molecule has 410 valence electrons. The summed E-state index contributed by atoms with van der Waals surface area (Å²) in [6.45, 7) is 0. The summed E-state index contributed by atoms with van der Waals surface area (Å²) in [4.78, 5) is 16.0. The number of benzene rings is 13. The first-order chi connectivity index (χ1) is 43.6. The maximum atomic E-state index is 6.37. The average molecular weight is 1120 g/mol. The van der Waals surface area contributed by atoms with Gasteiger partial charge in [-0.05, 0) is 124 Å². The van der Waals surface area contributed by atoms with Crippen molar-refractivity contribution in [3.63, 3.8) is 0 Å². The minimum atomic E-state index is 0.556. The molecular formula is C81H49N5O2. The fourth-order valence-electron chi connectivity index (χ4n) is 13.5. The van der Waals surface area contributed by atoms with Crippen LogP contribution in [0.4, 0.5) is 0 Å². The van der Waals surface area contributed by atoms with Gasteiger partial charge in [-0.15, -0.1) is 0 Å². The number of hydrogen-bond donors (Lipinski definition) is 0. The van der Waals surface area contributed by atoms with E-state index in [1.807, 2.05) is 60.7 Å². The highest BCUT2D eigenvalue weighted by atomic mass is 16.3. The Balaban J connectivity index is 0.970. The average Bonchev–Trinajstić information content (AvgIpc) is 1.57. The highest BCUT2D eigenvalue weighted by Crippen LogP contribution is 2.48. The molecule has 0 fully saturated rings. The van der Waals surface area contributed by atoms with E-state index in [1.165, 1.54) is 10.8 Å². The van der Waals surface area contributed by atoms with Gasteiger partial charge in [-0.3, -0.25) is 0 Å². The fourth-order valence-corrected chi connectivity index (χ4v) is 13.5. The normalized spacial score (nSPS) is 11.9. The molecule has 0 unspecified atom stereocenters. The molecule has 5 heterocycles. The zero-order chi connectivity index (χ0) is 57.8. The number of aromatic nitrogens is 5. The Labute approximate surface area is 504 Å². The third kappa shape index (κ3) is 7.95. The van der Waals surface area contributed by atoms with Gasteiger partial charge in [0.2, 0.25) is 0 Å². The zero-order valence-corrected chi connectivity index (χ0v) is 47.3. The molecule has 0 atom stereocenters. The standard InChI is InChI=1S/C81H49N5O2/c1-4-20-50(21-5-1)79-82-80(51-22-6-2-7-23-51)84-81(83-79)58-48-65(56-26-18-24-52(44-56)54-38-42-74-67(46-54)61-31-12-16-36-72(61)87-74)77(66(49-58)57-27-19-25-53(45-57)55-39-43-75-68(47-55)62-32-13-17-37-73(62)88-75)86-70-35-15-11-33-64(70)76-71(86)41-40-63-60-30-10-14-34-69(60)85(78(63)76)59-28-8-3-9-29-59/h1-49H. The molecule has 0 radical (unpaired) electrons. The van der Waals surface area contributed by atoms with Crippen LogP contribution < -0.4 is 0 Å². The molecule has 0 N–H and O–H groups in total. The van der Waals surface area contributed by atoms with Crippen LogP contribution in [0.3, 0.4) is 0 Å². The summed E-state index contributed by atoms with van der Waals surface area (Å²) in [6, 6.07) is 106. The molecule has 88 heavy (non-hydrogen) atoms. The zero-order valence-electron chi connectivity index (χ0n) is 47.3. The summed E-state index contributed by atoms with van der Waals surface area (Å²) in [7, 11) is 0. The van der Waals surface area contributed by atoms with E-state index in [0.29, 0.717) is 17.5 Å². The predicted octanol–water partition coefficient (Wildman–Crippen LogP) is 21.5. The van der Waals surface area contributed by atoms with Crippen molar-refractivity contribution >= 4 is 87.5 Å². The van der Waals surface area contributed by atoms with Crippen LogP contribution in [0.25, 0.3) is 178 Å². The number of hydrogen-bond acceptors (Lipinski definition) is 5.